The summed E-state index contributed by atoms with van der Waals surface area (Å²) in [5, 5.41) is 0. The molecule has 0 saturated carbocycles. The van der Waals surface area contributed by atoms with Crippen molar-refractivity contribution < 1.29 is 28.6 Å². The van der Waals surface area contributed by atoms with Crippen LogP contribution in [0.25, 0.3) is 0 Å². The zero-order valence-electron chi connectivity index (χ0n) is 41.3. The summed E-state index contributed by atoms with van der Waals surface area (Å²) >= 11 is 0. The van der Waals surface area contributed by atoms with Gasteiger partial charge in [0.25, 0.3) is 0 Å². The van der Waals surface area contributed by atoms with E-state index in [4.69, 9.17) is 14.2 Å². The van der Waals surface area contributed by atoms with Crippen molar-refractivity contribution in [2.75, 3.05) is 13.2 Å². The largest absolute Gasteiger partial charge is 0.462 e. The van der Waals surface area contributed by atoms with E-state index in [1.165, 1.54) is 19.3 Å². The second-order valence-corrected chi connectivity index (χ2v) is 16.7. The Bertz CT molecular complexity index is 1340. The van der Waals surface area contributed by atoms with Crippen molar-refractivity contribution in [3.8, 4) is 0 Å². The Morgan fingerprint density at radius 2 is 0.609 bits per heavy atom. The minimum Gasteiger partial charge on any atom is -0.462 e. The molecule has 0 aromatic carbocycles. The predicted molar refractivity (Wildman–Crippen MR) is 274 cm³/mol. The molecule has 0 heterocycles. The van der Waals surface area contributed by atoms with Crippen molar-refractivity contribution in [2.45, 2.75) is 226 Å². The fraction of sp³-hybridized carbons (Fsp3) is 0.638. The molecule has 0 amide bonds. The van der Waals surface area contributed by atoms with Crippen LogP contribution in [0.15, 0.2) is 109 Å². The molecule has 362 valence electrons. The van der Waals surface area contributed by atoms with Crippen molar-refractivity contribution in [3.63, 3.8) is 0 Å². The Morgan fingerprint density at radius 3 is 0.953 bits per heavy atom. The minimum absolute atomic E-state index is 0.103. The maximum Gasteiger partial charge on any atom is 0.306 e. The molecule has 6 nitrogen and oxygen atoms in total. The van der Waals surface area contributed by atoms with Crippen molar-refractivity contribution in [3.05, 3.63) is 109 Å². The van der Waals surface area contributed by atoms with Gasteiger partial charge in [-0.05, 0) is 116 Å². The highest BCUT2D eigenvalue weighted by atomic mass is 16.6. The Morgan fingerprint density at radius 1 is 0.328 bits per heavy atom. The predicted octanol–water partition coefficient (Wildman–Crippen LogP) is 17.1. The molecule has 0 N–H and O–H groups in total. The number of unbranched alkanes of at least 4 members (excludes halogenated alkanes) is 16. The molecule has 0 aliphatic heterocycles. The molecule has 0 bridgehead atoms. The molecule has 0 rings (SSSR count). The number of hydrogen-bond acceptors (Lipinski definition) is 6. The number of carbonyl (C=O) groups is 3. The van der Waals surface area contributed by atoms with E-state index in [0.29, 0.717) is 19.3 Å². The topological polar surface area (TPSA) is 78.9 Å². The van der Waals surface area contributed by atoms with Crippen LogP contribution < -0.4 is 0 Å². The molecule has 0 aromatic rings. The lowest BCUT2D eigenvalue weighted by Crippen LogP contribution is -2.30. The van der Waals surface area contributed by atoms with E-state index >= 15 is 0 Å². The smallest absolute Gasteiger partial charge is 0.306 e. The molecule has 1 unspecified atom stereocenters. The van der Waals surface area contributed by atoms with Crippen LogP contribution in [-0.2, 0) is 28.6 Å². The van der Waals surface area contributed by atoms with Crippen LogP contribution in [0, 0.1) is 0 Å². The Labute approximate surface area is 393 Å². The quantitative estimate of drug-likeness (QED) is 0.0262. The number of allylic oxidation sites excluding steroid dienone is 18. The zero-order chi connectivity index (χ0) is 46.5. The highest BCUT2D eigenvalue weighted by molar-refractivity contribution is 5.71. The third-order valence-corrected chi connectivity index (χ3v) is 10.5. The van der Waals surface area contributed by atoms with E-state index in [9.17, 15) is 14.4 Å². The molecule has 0 fully saturated rings. The third-order valence-electron chi connectivity index (χ3n) is 10.5. The van der Waals surface area contributed by atoms with Gasteiger partial charge in [-0.25, -0.2) is 0 Å². The van der Waals surface area contributed by atoms with Crippen LogP contribution in [0.1, 0.15) is 220 Å². The van der Waals surface area contributed by atoms with E-state index in [-0.39, 0.29) is 31.1 Å². The molecule has 0 aliphatic rings. The summed E-state index contributed by atoms with van der Waals surface area (Å²) in [4.78, 5) is 38.0. The molecule has 0 saturated heterocycles. The maximum absolute atomic E-state index is 12.8. The lowest BCUT2D eigenvalue weighted by molar-refractivity contribution is -0.167. The van der Waals surface area contributed by atoms with E-state index in [1.807, 2.05) is 0 Å². The summed E-state index contributed by atoms with van der Waals surface area (Å²) in [6.45, 7) is 6.31. The molecule has 0 spiro atoms. The van der Waals surface area contributed by atoms with Crippen LogP contribution in [0.5, 0.6) is 0 Å². The average Bonchev–Trinajstić information content (AvgIpc) is 3.29. The fourth-order valence-corrected chi connectivity index (χ4v) is 6.64. The van der Waals surface area contributed by atoms with Gasteiger partial charge >= 0.3 is 17.9 Å². The second-order valence-electron chi connectivity index (χ2n) is 16.7. The summed E-state index contributed by atoms with van der Waals surface area (Å²) in [5.41, 5.74) is 0. The van der Waals surface area contributed by atoms with Gasteiger partial charge in [-0.1, -0.05) is 194 Å². The molecule has 0 aliphatic carbocycles. The van der Waals surface area contributed by atoms with Crippen molar-refractivity contribution in [1.29, 1.82) is 0 Å². The summed E-state index contributed by atoms with van der Waals surface area (Å²) in [6.07, 6.45) is 69.2. The van der Waals surface area contributed by atoms with Crippen LogP contribution in [0.3, 0.4) is 0 Å². The van der Waals surface area contributed by atoms with Crippen LogP contribution in [-0.4, -0.2) is 37.2 Å². The van der Waals surface area contributed by atoms with Gasteiger partial charge in [0.05, 0.1) is 0 Å². The Hall–Kier alpha value is -3.93. The van der Waals surface area contributed by atoms with Crippen molar-refractivity contribution in [1.82, 2.24) is 0 Å². The standard InChI is InChI=1S/C58H94O6/c1-4-7-10-13-16-19-22-25-28-29-31-33-36-39-42-45-48-51-57(60)63-54-55(53-62-56(59)50-47-44-41-38-35-32-27-24-21-18-15-12-9-6-3)64-58(61)52-49-46-43-40-37-34-30-26-23-20-17-14-11-8-5-2/h7-8,10-11,15-20,24-28,30-31,33,55H,4-6,9,12-14,21-23,29,32,34-54H2,1-3H3/b10-7-,11-8-,18-15-,19-16-,20-17-,27-24-,28-25-,30-26-,33-31-. The van der Waals surface area contributed by atoms with Gasteiger partial charge in [0.15, 0.2) is 6.10 Å². The van der Waals surface area contributed by atoms with E-state index in [0.717, 1.165) is 161 Å². The number of esters is 3. The highest BCUT2D eigenvalue weighted by Gasteiger charge is 2.19. The van der Waals surface area contributed by atoms with Gasteiger partial charge < -0.3 is 14.2 Å². The van der Waals surface area contributed by atoms with Gasteiger partial charge in [-0.3, -0.25) is 14.4 Å². The normalized spacial score (nSPS) is 13.0. The summed E-state index contributed by atoms with van der Waals surface area (Å²) in [7, 11) is 0. The minimum atomic E-state index is -0.805. The third kappa shape index (κ3) is 49.1. The number of rotatable bonds is 45. The first-order chi connectivity index (χ1) is 31.5. The summed E-state index contributed by atoms with van der Waals surface area (Å²) < 4.78 is 16.8. The zero-order valence-corrected chi connectivity index (χ0v) is 41.3. The van der Waals surface area contributed by atoms with Crippen molar-refractivity contribution in [2.24, 2.45) is 0 Å². The van der Waals surface area contributed by atoms with Gasteiger partial charge in [-0.2, -0.15) is 0 Å². The molecule has 1 atom stereocenters. The highest BCUT2D eigenvalue weighted by Crippen LogP contribution is 2.13. The molecule has 0 aromatic heterocycles. The molecular weight excluding hydrogens is 793 g/mol. The number of carbonyl (C=O) groups excluding carboxylic acids is 3. The molecular formula is C58H94O6. The van der Waals surface area contributed by atoms with Crippen LogP contribution >= 0.6 is 0 Å². The summed E-state index contributed by atoms with van der Waals surface area (Å²) in [5.74, 6) is -0.962. The van der Waals surface area contributed by atoms with Crippen molar-refractivity contribution >= 4 is 17.9 Å². The van der Waals surface area contributed by atoms with E-state index in [1.54, 1.807) is 0 Å². The van der Waals surface area contributed by atoms with E-state index < -0.39 is 6.10 Å². The number of ether oxygens (including phenoxy) is 3. The lowest BCUT2D eigenvalue weighted by atomic mass is 10.1. The first-order valence-electron chi connectivity index (χ1n) is 25.9. The first-order valence-corrected chi connectivity index (χ1v) is 25.9. The number of hydrogen-bond donors (Lipinski definition) is 0. The Balaban J connectivity index is 4.50. The fourth-order valence-electron chi connectivity index (χ4n) is 6.64. The van der Waals surface area contributed by atoms with Crippen LogP contribution in [0.4, 0.5) is 0 Å². The maximum atomic E-state index is 12.8. The second kappa shape index (κ2) is 51.7. The molecule has 6 heteroatoms. The monoisotopic (exact) mass is 887 g/mol. The SMILES string of the molecule is CC/C=C\C/C=C\C/C=C\C/C=C\CCCCCCC(=O)OCC(COC(=O)CCCCCCC/C=C\C/C=C\CCCC)OC(=O)CCCCCCC/C=C\C/C=C\C/C=C\CC. The lowest BCUT2D eigenvalue weighted by Gasteiger charge is -2.18. The van der Waals surface area contributed by atoms with Gasteiger partial charge in [0, 0.05) is 19.3 Å². The van der Waals surface area contributed by atoms with E-state index in [2.05, 4.69) is 130 Å². The van der Waals surface area contributed by atoms with Gasteiger partial charge in [0.1, 0.15) is 13.2 Å². The molecule has 64 heavy (non-hydrogen) atoms. The van der Waals surface area contributed by atoms with Gasteiger partial charge in [-0.15, -0.1) is 0 Å². The summed E-state index contributed by atoms with van der Waals surface area (Å²) in [6, 6.07) is 0. The first kappa shape index (κ1) is 60.1. The van der Waals surface area contributed by atoms with Crippen LogP contribution in [0.2, 0.25) is 0 Å². The average molecular weight is 887 g/mol. The molecule has 0 radical (unpaired) electrons. The van der Waals surface area contributed by atoms with Gasteiger partial charge in [0.2, 0.25) is 0 Å². The Kier molecular flexibility index (Phi) is 48.5.